The maximum atomic E-state index is 11.8. The van der Waals surface area contributed by atoms with Crippen LogP contribution >= 0.6 is 0 Å². The zero-order chi connectivity index (χ0) is 14.3. The molecule has 2 aliphatic rings. The molecule has 4 nitrogen and oxygen atoms in total. The number of fused-ring (bicyclic) bond motifs is 2. The van der Waals surface area contributed by atoms with Crippen molar-refractivity contribution in [1.29, 1.82) is 0 Å². The van der Waals surface area contributed by atoms with Gasteiger partial charge in [0.25, 0.3) is 0 Å². The lowest BCUT2D eigenvalue weighted by Crippen LogP contribution is -2.26. The number of hydrogen-bond donors (Lipinski definition) is 2. The number of ether oxygens (including phenoxy) is 1. The summed E-state index contributed by atoms with van der Waals surface area (Å²) in [6, 6.07) is 5.44. The lowest BCUT2D eigenvalue weighted by Gasteiger charge is -2.29. The monoisotopic (exact) mass is 275 g/mol. The number of carboxylic acids is 1. The second-order valence-corrected chi connectivity index (χ2v) is 6.12. The van der Waals surface area contributed by atoms with Gasteiger partial charge in [-0.25, -0.2) is 0 Å². The smallest absolute Gasteiger partial charge is 0.311 e. The van der Waals surface area contributed by atoms with Crippen molar-refractivity contribution in [1.82, 2.24) is 0 Å². The van der Waals surface area contributed by atoms with E-state index in [1.54, 1.807) is 13.2 Å². The molecule has 0 amide bonds. The van der Waals surface area contributed by atoms with Crippen LogP contribution in [-0.2, 0) is 4.79 Å². The molecule has 108 valence electrons. The third-order valence-electron chi connectivity index (χ3n) is 5.14. The molecule has 0 saturated heterocycles. The van der Waals surface area contributed by atoms with E-state index < -0.39 is 11.9 Å². The van der Waals surface area contributed by atoms with Crippen LogP contribution in [0.2, 0.25) is 0 Å². The van der Waals surface area contributed by atoms with Crippen molar-refractivity contribution < 1.29 is 14.6 Å². The van der Waals surface area contributed by atoms with E-state index in [9.17, 15) is 9.90 Å². The molecule has 0 aromatic heterocycles. The summed E-state index contributed by atoms with van der Waals surface area (Å²) in [4.78, 5) is 11.8. The van der Waals surface area contributed by atoms with Crippen LogP contribution in [0, 0.1) is 17.8 Å². The quantitative estimate of drug-likeness (QED) is 0.829. The van der Waals surface area contributed by atoms with Crippen molar-refractivity contribution >= 4 is 11.7 Å². The molecule has 2 saturated carbocycles. The topological polar surface area (TPSA) is 72.5 Å². The summed E-state index contributed by atoms with van der Waals surface area (Å²) in [5, 5.41) is 9.71. The van der Waals surface area contributed by atoms with Gasteiger partial charge in [0.05, 0.1) is 18.7 Å². The van der Waals surface area contributed by atoms with Crippen LogP contribution in [0.1, 0.15) is 37.2 Å². The molecule has 20 heavy (non-hydrogen) atoms. The highest BCUT2D eigenvalue weighted by molar-refractivity contribution is 5.80. The third kappa shape index (κ3) is 2.03. The van der Waals surface area contributed by atoms with E-state index in [2.05, 4.69) is 0 Å². The zero-order valence-corrected chi connectivity index (χ0v) is 11.7. The maximum Gasteiger partial charge on any atom is 0.311 e. The summed E-state index contributed by atoms with van der Waals surface area (Å²) in [7, 11) is 1.56. The van der Waals surface area contributed by atoms with Gasteiger partial charge in [-0.05, 0) is 48.6 Å². The van der Waals surface area contributed by atoms with Crippen molar-refractivity contribution in [2.75, 3.05) is 12.8 Å². The Morgan fingerprint density at radius 2 is 2.20 bits per heavy atom. The second-order valence-electron chi connectivity index (χ2n) is 6.12. The maximum absolute atomic E-state index is 11.8. The standard InChI is InChI=1S/C16H21NO3/c1-20-13-4-2-3-11(15(13)17)14(16(18)19)12-8-9-5-6-10(12)7-9/h2-4,9-10,12,14H,5-8,17H2,1H3,(H,18,19). The minimum Gasteiger partial charge on any atom is -0.495 e. The van der Waals surface area contributed by atoms with Crippen molar-refractivity contribution in [3.63, 3.8) is 0 Å². The number of methoxy groups -OCH3 is 1. The number of anilines is 1. The number of para-hydroxylation sites is 1. The first-order valence-electron chi connectivity index (χ1n) is 7.27. The average molecular weight is 275 g/mol. The molecule has 3 N–H and O–H groups in total. The fourth-order valence-corrected chi connectivity index (χ4v) is 4.26. The molecule has 3 rings (SSSR count). The van der Waals surface area contributed by atoms with E-state index in [4.69, 9.17) is 10.5 Å². The number of carboxylic acid groups (broad SMARTS) is 1. The van der Waals surface area contributed by atoms with Gasteiger partial charge in [0, 0.05) is 0 Å². The van der Waals surface area contributed by atoms with Gasteiger partial charge in [-0.1, -0.05) is 18.6 Å². The highest BCUT2D eigenvalue weighted by Crippen LogP contribution is 2.54. The van der Waals surface area contributed by atoms with Crippen LogP contribution < -0.4 is 10.5 Å². The summed E-state index contributed by atoms with van der Waals surface area (Å²) in [6.45, 7) is 0. The van der Waals surface area contributed by atoms with E-state index in [0.29, 0.717) is 17.4 Å². The molecule has 2 aliphatic carbocycles. The average Bonchev–Trinajstić information content (AvgIpc) is 3.03. The lowest BCUT2D eigenvalue weighted by atomic mass is 9.75. The summed E-state index contributed by atoms with van der Waals surface area (Å²) in [6.07, 6.45) is 4.65. The lowest BCUT2D eigenvalue weighted by molar-refractivity contribution is -0.140. The van der Waals surface area contributed by atoms with Crippen LogP contribution in [0.3, 0.4) is 0 Å². The predicted molar refractivity (Wildman–Crippen MR) is 76.7 cm³/mol. The number of nitrogens with two attached hydrogens (primary N) is 1. The fourth-order valence-electron chi connectivity index (χ4n) is 4.26. The van der Waals surface area contributed by atoms with Gasteiger partial charge in [0.2, 0.25) is 0 Å². The molecule has 4 unspecified atom stereocenters. The van der Waals surface area contributed by atoms with E-state index in [-0.39, 0.29) is 5.92 Å². The molecular formula is C16H21NO3. The number of benzene rings is 1. The number of rotatable bonds is 4. The number of hydrogen-bond acceptors (Lipinski definition) is 3. The second kappa shape index (κ2) is 5.00. The summed E-state index contributed by atoms with van der Waals surface area (Å²) in [5.41, 5.74) is 7.30. The molecule has 4 heteroatoms. The van der Waals surface area contributed by atoms with Gasteiger partial charge >= 0.3 is 5.97 Å². The zero-order valence-electron chi connectivity index (χ0n) is 11.7. The molecule has 0 heterocycles. The Labute approximate surface area is 118 Å². The molecule has 4 atom stereocenters. The molecule has 2 fully saturated rings. The Bertz CT molecular complexity index is 528. The molecular weight excluding hydrogens is 254 g/mol. The molecule has 1 aromatic rings. The Kier molecular flexibility index (Phi) is 3.32. The van der Waals surface area contributed by atoms with Gasteiger partial charge in [0.1, 0.15) is 5.75 Å². The van der Waals surface area contributed by atoms with Crippen molar-refractivity contribution in [2.45, 2.75) is 31.6 Å². The van der Waals surface area contributed by atoms with Gasteiger partial charge in [-0.2, -0.15) is 0 Å². The minimum atomic E-state index is -0.762. The largest absolute Gasteiger partial charge is 0.495 e. The first kappa shape index (κ1) is 13.3. The fraction of sp³-hybridized carbons (Fsp3) is 0.562. The highest BCUT2D eigenvalue weighted by atomic mass is 16.5. The summed E-state index contributed by atoms with van der Waals surface area (Å²) < 4.78 is 5.22. The molecule has 0 aliphatic heterocycles. The SMILES string of the molecule is COc1cccc(C(C(=O)O)C2CC3CCC2C3)c1N. The Balaban J connectivity index is 1.97. The molecule has 0 radical (unpaired) electrons. The van der Waals surface area contributed by atoms with E-state index >= 15 is 0 Å². The number of nitrogen functional groups attached to an aromatic ring is 1. The van der Waals surface area contributed by atoms with Crippen LogP contribution in [0.25, 0.3) is 0 Å². The first-order chi connectivity index (χ1) is 9.61. The van der Waals surface area contributed by atoms with Crippen LogP contribution in [-0.4, -0.2) is 18.2 Å². The summed E-state index contributed by atoms with van der Waals surface area (Å²) in [5.74, 6) is 0.797. The first-order valence-corrected chi connectivity index (χ1v) is 7.27. The van der Waals surface area contributed by atoms with E-state index in [1.807, 2.05) is 12.1 Å². The van der Waals surface area contributed by atoms with Crippen molar-refractivity contribution in [2.24, 2.45) is 17.8 Å². The van der Waals surface area contributed by atoms with Crippen molar-refractivity contribution in [3.05, 3.63) is 23.8 Å². The number of aliphatic carboxylic acids is 1. The predicted octanol–water partition coefficient (Wildman–Crippen LogP) is 2.88. The highest BCUT2D eigenvalue weighted by Gasteiger charge is 2.46. The van der Waals surface area contributed by atoms with Gasteiger partial charge in [0.15, 0.2) is 0 Å². The molecule has 0 spiro atoms. The van der Waals surface area contributed by atoms with Crippen LogP contribution in [0.15, 0.2) is 18.2 Å². The Morgan fingerprint density at radius 1 is 1.40 bits per heavy atom. The van der Waals surface area contributed by atoms with Gasteiger partial charge in [-0.15, -0.1) is 0 Å². The van der Waals surface area contributed by atoms with Crippen molar-refractivity contribution in [3.8, 4) is 5.75 Å². The Morgan fingerprint density at radius 3 is 2.75 bits per heavy atom. The van der Waals surface area contributed by atoms with Crippen LogP contribution in [0.5, 0.6) is 5.75 Å². The Hall–Kier alpha value is -1.71. The minimum absolute atomic E-state index is 0.223. The van der Waals surface area contributed by atoms with Gasteiger partial charge in [-0.3, -0.25) is 4.79 Å². The molecule has 2 bridgehead atoms. The normalized spacial score (nSPS) is 29.4. The van der Waals surface area contributed by atoms with Gasteiger partial charge < -0.3 is 15.6 Å². The molecule has 1 aromatic carbocycles. The van der Waals surface area contributed by atoms with E-state index in [0.717, 1.165) is 17.9 Å². The third-order valence-corrected chi connectivity index (χ3v) is 5.14. The number of carbonyl (C=O) groups is 1. The van der Waals surface area contributed by atoms with E-state index in [1.165, 1.54) is 19.3 Å². The summed E-state index contributed by atoms with van der Waals surface area (Å²) >= 11 is 0. The van der Waals surface area contributed by atoms with Crippen LogP contribution in [0.4, 0.5) is 5.69 Å².